The van der Waals surface area contributed by atoms with E-state index in [0.29, 0.717) is 18.4 Å². The van der Waals surface area contributed by atoms with Crippen LogP contribution in [0.2, 0.25) is 0 Å². The first-order valence-corrected chi connectivity index (χ1v) is 5.43. The van der Waals surface area contributed by atoms with Gasteiger partial charge < -0.3 is 10.1 Å². The van der Waals surface area contributed by atoms with Gasteiger partial charge in [0.15, 0.2) is 0 Å². The summed E-state index contributed by atoms with van der Waals surface area (Å²) in [5.41, 5.74) is 0.949. The molecule has 3 heteroatoms. The molecule has 0 spiro atoms. The van der Waals surface area contributed by atoms with Crippen LogP contribution in [0.5, 0.6) is 5.75 Å². The first kappa shape index (κ1) is 10.4. The minimum Gasteiger partial charge on any atom is -0.494 e. The zero-order valence-electron chi connectivity index (χ0n) is 8.92. The van der Waals surface area contributed by atoms with Crippen molar-refractivity contribution in [1.82, 2.24) is 5.32 Å². The Balaban J connectivity index is 2.00. The second kappa shape index (κ2) is 4.62. The lowest BCUT2D eigenvalue weighted by Gasteiger charge is -2.07. The molecule has 0 bridgehead atoms. The molecule has 1 aromatic carbocycles. The van der Waals surface area contributed by atoms with Crippen LogP contribution in [0.25, 0.3) is 0 Å². The van der Waals surface area contributed by atoms with E-state index in [0.717, 1.165) is 12.1 Å². The van der Waals surface area contributed by atoms with E-state index >= 15 is 0 Å². The van der Waals surface area contributed by atoms with E-state index in [9.17, 15) is 4.39 Å². The van der Waals surface area contributed by atoms with Crippen molar-refractivity contribution in [3.8, 4) is 5.75 Å². The predicted molar refractivity (Wildman–Crippen MR) is 57.4 cm³/mol. The Kier molecular flexibility index (Phi) is 3.21. The summed E-state index contributed by atoms with van der Waals surface area (Å²) in [6.07, 6.45) is 2.49. The lowest BCUT2D eigenvalue weighted by Crippen LogP contribution is -2.15. The summed E-state index contributed by atoms with van der Waals surface area (Å²) in [6.45, 7) is 3.19. The normalized spacial score (nSPS) is 15.3. The summed E-state index contributed by atoms with van der Waals surface area (Å²) in [5, 5.41) is 3.35. The van der Waals surface area contributed by atoms with Gasteiger partial charge in [0.25, 0.3) is 0 Å². The average molecular weight is 209 g/mol. The maximum atomic E-state index is 13.2. The lowest BCUT2D eigenvalue weighted by atomic mass is 10.2. The number of ether oxygens (including phenoxy) is 1. The van der Waals surface area contributed by atoms with Crippen LogP contribution in [0, 0.1) is 5.82 Å². The van der Waals surface area contributed by atoms with Crippen molar-refractivity contribution in [2.45, 2.75) is 32.4 Å². The van der Waals surface area contributed by atoms with Crippen molar-refractivity contribution in [3.05, 3.63) is 29.6 Å². The van der Waals surface area contributed by atoms with Crippen molar-refractivity contribution in [1.29, 1.82) is 0 Å². The van der Waals surface area contributed by atoms with E-state index in [2.05, 4.69) is 5.32 Å². The van der Waals surface area contributed by atoms with Gasteiger partial charge in [0, 0.05) is 18.7 Å². The van der Waals surface area contributed by atoms with Crippen LogP contribution >= 0.6 is 0 Å². The zero-order chi connectivity index (χ0) is 10.7. The molecule has 1 aromatic rings. The third kappa shape index (κ3) is 3.20. The fourth-order valence-corrected chi connectivity index (χ4v) is 1.52. The number of hydrogen-bond donors (Lipinski definition) is 1. The molecule has 0 aromatic heterocycles. The van der Waals surface area contributed by atoms with Gasteiger partial charge >= 0.3 is 0 Å². The minimum atomic E-state index is -0.228. The summed E-state index contributed by atoms with van der Waals surface area (Å²) in [6, 6.07) is 5.51. The van der Waals surface area contributed by atoms with Crippen LogP contribution in [-0.4, -0.2) is 12.6 Å². The Hall–Kier alpha value is -1.09. The van der Waals surface area contributed by atoms with Crippen LogP contribution in [0.4, 0.5) is 4.39 Å². The molecular formula is C12H16FNO. The number of benzene rings is 1. The van der Waals surface area contributed by atoms with Gasteiger partial charge in [-0.05, 0) is 37.5 Å². The molecule has 2 nitrogen and oxygen atoms in total. The van der Waals surface area contributed by atoms with Crippen LogP contribution in [0.3, 0.4) is 0 Å². The van der Waals surface area contributed by atoms with Gasteiger partial charge in [-0.1, -0.05) is 0 Å². The van der Waals surface area contributed by atoms with E-state index in [4.69, 9.17) is 4.74 Å². The highest BCUT2D eigenvalue weighted by Gasteiger charge is 2.20. The Labute approximate surface area is 89.4 Å². The summed E-state index contributed by atoms with van der Waals surface area (Å²) in [7, 11) is 0. The fourth-order valence-electron chi connectivity index (χ4n) is 1.52. The molecule has 15 heavy (non-hydrogen) atoms. The van der Waals surface area contributed by atoms with Gasteiger partial charge in [-0.3, -0.25) is 0 Å². The van der Waals surface area contributed by atoms with Crippen molar-refractivity contribution in [2.75, 3.05) is 6.61 Å². The first-order chi connectivity index (χ1) is 7.28. The van der Waals surface area contributed by atoms with Crippen LogP contribution < -0.4 is 10.1 Å². The van der Waals surface area contributed by atoms with E-state index in [1.807, 2.05) is 13.0 Å². The average Bonchev–Trinajstić information content (AvgIpc) is 2.98. The molecule has 2 rings (SSSR count). The van der Waals surface area contributed by atoms with E-state index in [-0.39, 0.29) is 5.82 Å². The lowest BCUT2D eigenvalue weighted by molar-refractivity contribution is 0.337. The molecule has 0 unspecified atom stereocenters. The number of hydrogen-bond acceptors (Lipinski definition) is 2. The highest BCUT2D eigenvalue weighted by molar-refractivity contribution is 5.29. The molecule has 1 aliphatic rings. The molecule has 0 heterocycles. The summed E-state index contributed by atoms with van der Waals surface area (Å²) < 4.78 is 18.5. The van der Waals surface area contributed by atoms with Gasteiger partial charge in [0.1, 0.15) is 11.6 Å². The Bertz CT molecular complexity index is 336. The highest BCUT2D eigenvalue weighted by atomic mass is 19.1. The van der Waals surface area contributed by atoms with Gasteiger partial charge in [-0.25, -0.2) is 4.39 Å². The predicted octanol–water partition coefficient (Wildman–Crippen LogP) is 2.48. The van der Waals surface area contributed by atoms with Gasteiger partial charge in [-0.2, -0.15) is 0 Å². The van der Waals surface area contributed by atoms with E-state index in [1.54, 1.807) is 6.07 Å². The summed E-state index contributed by atoms with van der Waals surface area (Å²) >= 11 is 0. The number of rotatable bonds is 5. The van der Waals surface area contributed by atoms with Crippen LogP contribution in [-0.2, 0) is 6.54 Å². The largest absolute Gasteiger partial charge is 0.494 e. The fraction of sp³-hybridized carbons (Fsp3) is 0.500. The zero-order valence-corrected chi connectivity index (χ0v) is 8.92. The SMILES string of the molecule is CCOc1cc(F)cc(CNC2CC2)c1. The summed E-state index contributed by atoms with van der Waals surface area (Å²) in [4.78, 5) is 0. The van der Waals surface area contributed by atoms with Crippen molar-refractivity contribution >= 4 is 0 Å². The standard InChI is InChI=1S/C12H16FNO/c1-2-15-12-6-9(5-10(13)7-12)8-14-11-3-4-11/h5-7,11,14H,2-4,8H2,1H3. The third-order valence-electron chi connectivity index (χ3n) is 2.41. The van der Waals surface area contributed by atoms with Crippen molar-refractivity contribution in [2.24, 2.45) is 0 Å². The number of nitrogens with one attached hydrogen (secondary N) is 1. The topological polar surface area (TPSA) is 21.3 Å². The second-order valence-corrected chi connectivity index (χ2v) is 3.88. The minimum absolute atomic E-state index is 0.228. The van der Waals surface area contributed by atoms with Crippen LogP contribution in [0.1, 0.15) is 25.3 Å². The first-order valence-electron chi connectivity index (χ1n) is 5.43. The second-order valence-electron chi connectivity index (χ2n) is 3.88. The number of halogens is 1. The quantitative estimate of drug-likeness (QED) is 0.804. The van der Waals surface area contributed by atoms with Crippen molar-refractivity contribution < 1.29 is 9.13 Å². The smallest absolute Gasteiger partial charge is 0.127 e. The van der Waals surface area contributed by atoms with Crippen LogP contribution in [0.15, 0.2) is 18.2 Å². The molecule has 1 fully saturated rings. The van der Waals surface area contributed by atoms with Gasteiger partial charge in [0.05, 0.1) is 6.61 Å². The molecule has 82 valence electrons. The van der Waals surface area contributed by atoms with E-state index < -0.39 is 0 Å². The third-order valence-corrected chi connectivity index (χ3v) is 2.41. The Morgan fingerprint density at radius 1 is 1.40 bits per heavy atom. The molecule has 0 saturated heterocycles. The molecule has 1 N–H and O–H groups in total. The van der Waals surface area contributed by atoms with Crippen molar-refractivity contribution in [3.63, 3.8) is 0 Å². The molecular weight excluding hydrogens is 193 g/mol. The Morgan fingerprint density at radius 2 is 2.20 bits per heavy atom. The molecule has 1 saturated carbocycles. The molecule has 0 radical (unpaired) electrons. The molecule has 0 aliphatic heterocycles. The maximum absolute atomic E-state index is 13.2. The Morgan fingerprint density at radius 3 is 2.87 bits per heavy atom. The van der Waals surface area contributed by atoms with Gasteiger partial charge in [0.2, 0.25) is 0 Å². The van der Waals surface area contributed by atoms with Gasteiger partial charge in [-0.15, -0.1) is 0 Å². The molecule has 0 amide bonds. The maximum Gasteiger partial charge on any atom is 0.127 e. The molecule has 1 aliphatic carbocycles. The monoisotopic (exact) mass is 209 g/mol. The summed E-state index contributed by atoms with van der Waals surface area (Å²) in [5.74, 6) is 0.388. The highest BCUT2D eigenvalue weighted by Crippen LogP contribution is 2.21. The molecule has 0 atom stereocenters. The van der Waals surface area contributed by atoms with E-state index in [1.165, 1.54) is 18.9 Å².